The molecule has 0 unspecified atom stereocenters. The van der Waals surface area contributed by atoms with E-state index in [-0.39, 0.29) is 5.91 Å². The summed E-state index contributed by atoms with van der Waals surface area (Å²) < 4.78 is 27.8. The predicted octanol–water partition coefficient (Wildman–Crippen LogP) is 4.75. The number of hydrogen-bond donors (Lipinski definition) is 1. The highest BCUT2D eigenvalue weighted by Crippen LogP contribution is 2.34. The van der Waals surface area contributed by atoms with Crippen LogP contribution in [0.5, 0.6) is 0 Å². The van der Waals surface area contributed by atoms with Gasteiger partial charge in [-0.3, -0.25) is 4.79 Å². The third-order valence-corrected chi connectivity index (χ3v) is 5.32. The molecule has 1 heterocycles. The van der Waals surface area contributed by atoms with Gasteiger partial charge < -0.3 is 9.88 Å². The molecule has 1 aromatic heterocycles. The Morgan fingerprint density at radius 1 is 1.11 bits per heavy atom. The van der Waals surface area contributed by atoms with E-state index in [1.807, 2.05) is 37.3 Å². The Balaban J connectivity index is 1.84. The largest absolute Gasteiger partial charge is 0.325 e. The number of nitrogens with one attached hydrogen (secondary N) is 1. The highest BCUT2D eigenvalue weighted by Gasteiger charge is 2.32. The molecular formula is C20H20F2N4OS. The first-order valence-corrected chi connectivity index (χ1v) is 9.57. The van der Waals surface area contributed by atoms with E-state index in [1.54, 1.807) is 18.4 Å². The molecule has 1 amide bonds. The molecule has 2 aromatic carbocycles. The molecule has 28 heavy (non-hydrogen) atoms. The van der Waals surface area contributed by atoms with Crippen molar-refractivity contribution < 1.29 is 13.6 Å². The summed E-state index contributed by atoms with van der Waals surface area (Å²) in [6, 6.07) is 12.8. The second-order valence-corrected chi connectivity index (χ2v) is 8.20. The van der Waals surface area contributed by atoms with Crippen LogP contribution in [0, 0.1) is 11.6 Å². The zero-order chi connectivity index (χ0) is 20.3. The predicted molar refractivity (Wildman–Crippen MR) is 106 cm³/mol. The molecule has 0 atom stereocenters. The summed E-state index contributed by atoms with van der Waals surface area (Å²) in [5.41, 5.74) is 1.13. The van der Waals surface area contributed by atoms with Gasteiger partial charge in [0.15, 0.2) is 22.6 Å². The number of thioether (sulfide) groups is 1. The number of carbonyl (C=O) groups excluding carboxylic acids is 1. The molecule has 1 N–H and O–H groups in total. The molecule has 0 spiro atoms. The molecule has 0 radical (unpaired) electrons. The van der Waals surface area contributed by atoms with Gasteiger partial charge in [-0.1, -0.05) is 30.0 Å². The van der Waals surface area contributed by atoms with Gasteiger partial charge in [0.2, 0.25) is 5.91 Å². The van der Waals surface area contributed by atoms with E-state index >= 15 is 0 Å². The number of aromatic nitrogens is 3. The summed E-state index contributed by atoms with van der Waals surface area (Å²) in [5.74, 6) is -1.62. The summed E-state index contributed by atoms with van der Waals surface area (Å²) in [7, 11) is 0. The summed E-state index contributed by atoms with van der Waals surface area (Å²) in [5, 5.41) is 11.7. The van der Waals surface area contributed by atoms with Gasteiger partial charge >= 0.3 is 0 Å². The average molecular weight is 402 g/mol. The molecule has 3 rings (SSSR count). The van der Waals surface area contributed by atoms with Crippen LogP contribution in [0.25, 0.3) is 11.4 Å². The summed E-state index contributed by atoms with van der Waals surface area (Å²) in [6.45, 7) is 6.00. The van der Waals surface area contributed by atoms with Crippen LogP contribution in [0.4, 0.5) is 14.5 Å². The van der Waals surface area contributed by atoms with E-state index in [0.29, 0.717) is 28.8 Å². The molecule has 0 aliphatic rings. The quantitative estimate of drug-likeness (QED) is 0.605. The number of halogens is 2. The first-order chi connectivity index (χ1) is 13.3. The van der Waals surface area contributed by atoms with Crippen LogP contribution in [0.2, 0.25) is 0 Å². The smallest absolute Gasteiger partial charge is 0.240 e. The topological polar surface area (TPSA) is 59.8 Å². The number of amides is 1. The number of nitrogens with zero attached hydrogens (tertiary/aromatic N) is 3. The number of anilines is 1. The molecule has 0 saturated carbocycles. The summed E-state index contributed by atoms with van der Waals surface area (Å²) in [6.07, 6.45) is 0. The van der Waals surface area contributed by atoms with Crippen LogP contribution >= 0.6 is 11.8 Å². The Labute approximate surface area is 166 Å². The van der Waals surface area contributed by atoms with Gasteiger partial charge in [0.1, 0.15) is 0 Å². The van der Waals surface area contributed by atoms with E-state index < -0.39 is 16.4 Å². The number of benzene rings is 2. The highest BCUT2D eigenvalue weighted by molar-refractivity contribution is 8.01. The van der Waals surface area contributed by atoms with Crippen LogP contribution in [0.3, 0.4) is 0 Å². The summed E-state index contributed by atoms with van der Waals surface area (Å²) >= 11 is 1.26. The minimum absolute atomic E-state index is 0.177. The van der Waals surface area contributed by atoms with Gasteiger partial charge in [-0.15, -0.1) is 10.2 Å². The average Bonchev–Trinajstić information content (AvgIpc) is 3.06. The van der Waals surface area contributed by atoms with E-state index in [2.05, 4.69) is 15.5 Å². The van der Waals surface area contributed by atoms with E-state index in [1.165, 1.54) is 17.8 Å². The van der Waals surface area contributed by atoms with Gasteiger partial charge in [0, 0.05) is 17.8 Å². The van der Waals surface area contributed by atoms with E-state index in [9.17, 15) is 13.6 Å². The molecular weight excluding hydrogens is 382 g/mol. The van der Waals surface area contributed by atoms with Crippen molar-refractivity contribution in [3.8, 4) is 11.4 Å². The van der Waals surface area contributed by atoms with Gasteiger partial charge in [-0.25, -0.2) is 8.78 Å². The number of para-hydroxylation sites is 1. The van der Waals surface area contributed by atoms with Crippen LogP contribution in [0.1, 0.15) is 20.8 Å². The van der Waals surface area contributed by atoms with Crippen molar-refractivity contribution in [2.24, 2.45) is 0 Å². The Morgan fingerprint density at radius 2 is 1.82 bits per heavy atom. The lowest BCUT2D eigenvalue weighted by Gasteiger charge is -2.22. The Bertz CT molecular complexity index is 989. The normalized spacial score (nSPS) is 11.5. The second kappa shape index (κ2) is 8.10. The van der Waals surface area contributed by atoms with Gasteiger partial charge in [-0.2, -0.15) is 0 Å². The Kier molecular flexibility index (Phi) is 5.79. The van der Waals surface area contributed by atoms with Crippen LogP contribution in [-0.4, -0.2) is 25.4 Å². The van der Waals surface area contributed by atoms with Crippen molar-refractivity contribution in [1.29, 1.82) is 0 Å². The maximum Gasteiger partial charge on any atom is 0.240 e. The lowest BCUT2D eigenvalue weighted by Crippen LogP contribution is -2.34. The molecule has 0 bridgehead atoms. The van der Waals surface area contributed by atoms with Crippen LogP contribution in [-0.2, 0) is 11.3 Å². The van der Waals surface area contributed by atoms with Crippen molar-refractivity contribution in [3.05, 3.63) is 60.2 Å². The third kappa shape index (κ3) is 4.22. The van der Waals surface area contributed by atoms with Crippen molar-refractivity contribution in [2.45, 2.75) is 37.2 Å². The number of rotatable bonds is 6. The first-order valence-electron chi connectivity index (χ1n) is 8.76. The number of carbonyl (C=O) groups is 1. The van der Waals surface area contributed by atoms with Gasteiger partial charge in [0.25, 0.3) is 0 Å². The lowest BCUT2D eigenvalue weighted by atomic mass is 10.2. The van der Waals surface area contributed by atoms with E-state index in [0.717, 1.165) is 12.1 Å². The van der Waals surface area contributed by atoms with Gasteiger partial charge in [-0.05, 0) is 51.1 Å². The summed E-state index contributed by atoms with van der Waals surface area (Å²) in [4.78, 5) is 12.7. The standard InChI is InChI=1S/C20H20F2N4OS/c1-4-26-17(13-10-11-15(21)16(22)12-13)24-25-19(26)28-20(2,3)18(27)23-14-8-6-5-7-9-14/h5-12H,4H2,1-3H3,(H,23,27). The van der Waals surface area contributed by atoms with E-state index in [4.69, 9.17) is 0 Å². The zero-order valence-electron chi connectivity index (χ0n) is 15.7. The zero-order valence-corrected chi connectivity index (χ0v) is 16.6. The molecule has 5 nitrogen and oxygen atoms in total. The Morgan fingerprint density at radius 3 is 2.46 bits per heavy atom. The van der Waals surface area contributed by atoms with Crippen LogP contribution in [0.15, 0.2) is 53.7 Å². The van der Waals surface area contributed by atoms with Crippen molar-refractivity contribution >= 4 is 23.4 Å². The lowest BCUT2D eigenvalue weighted by molar-refractivity contribution is -0.117. The molecule has 8 heteroatoms. The fraction of sp³-hybridized carbons (Fsp3) is 0.250. The first kappa shape index (κ1) is 20.0. The molecule has 0 aliphatic carbocycles. The second-order valence-electron chi connectivity index (χ2n) is 6.61. The minimum atomic E-state index is -0.945. The fourth-order valence-corrected chi connectivity index (χ4v) is 3.58. The minimum Gasteiger partial charge on any atom is -0.325 e. The SMILES string of the molecule is CCn1c(SC(C)(C)C(=O)Nc2ccccc2)nnc1-c1ccc(F)c(F)c1. The highest BCUT2D eigenvalue weighted by atomic mass is 32.2. The van der Waals surface area contributed by atoms with Crippen molar-refractivity contribution in [3.63, 3.8) is 0 Å². The molecule has 0 fully saturated rings. The fourth-order valence-electron chi connectivity index (χ4n) is 2.58. The maximum absolute atomic E-state index is 13.6. The van der Waals surface area contributed by atoms with Crippen LogP contribution < -0.4 is 5.32 Å². The third-order valence-electron chi connectivity index (χ3n) is 4.14. The number of hydrogen-bond acceptors (Lipinski definition) is 4. The molecule has 3 aromatic rings. The molecule has 0 aliphatic heterocycles. The van der Waals surface area contributed by atoms with Crippen molar-refractivity contribution in [1.82, 2.24) is 14.8 Å². The van der Waals surface area contributed by atoms with Gasteiger partial charge in [0.05, 0.1) is 4.75 Å². The molecule has 0 saturated heterocycles. The molecule has 146 valence electrons. The Hall–Kier alpha value is -2.74. The van der Waals surface area contributed by atoms with Crippen molar-refractivity contribution in [2.75, 3.05) is 5.32 Å². The maximum atomic E-state index is 13.6. The monoisotopic (exact) mass is 402 g/mol.